The lowest BCUT2D eigenvalue weighted by Gasteiger charge is -2.10. The van der Waals surface area contributed by atoms with Crippen LogP contribution in [0.3, 0.4) is 0 Å². The second-order valence-corrected chi connectivity index (χ2v) is 5.16. The normalized spacial score (nSPS) is 10.6. The molecule has 0 aliphatic rings. The zero-order valence-corrected chi connectivity index (χ0v) is 13.8. The van der Waals surface area contributed by atoms with Gasteiger partial charge >= 0.3 is 0 Å². The van der Waals surface area contributed by atoms with E-state index < -0.39 is 0 Å². The van der Waals surface area contributed by atoms with Crippen molar-refractivity contribution in [2.75, 3.05) is 14.2 Å². The fourth-order valence-corrected chi connectivity index (χ4v) is 2.36. The Bertz CT molecular complexity index is 745. The topological polar surface area (TPSA) is 59.9 Å². The molecule has 2 rings (SSSR count). The lowest BCUT2D eigenvalue weighted by molar-refractivity contribution is 0.0954. The number of rotatable bonds is 5. The number of hydrogen-bond acceptors (Lipinski definition) is 4. The Morgan fingerprint density at radius 1 is 1.22 bits per heavy atom. The highest BCUT2D eigenvalue weighted by Gasteiger charge is 2.10. The summed E-state index contributed by atoms with van der Waals surface area (Å²) in [6, 6.07) is 10.7. The first kappa shape index (κ1) is 16.8. The smallest absolute Gasteiger partial charge is 0.271 e. The summed E-state index contributed by atoms with van der Waals surface area (Å²) in [7, 11) is 3.04. The number of aryl methyl sites for hydroxylation is 1. The molecule has 0 bridgehead atoms. The van der Waals surface area contributed by atoms with Crippen molar-refractivity contribution in [3.05, 3.63) is 58.1 Å². The number of methoxy groups -OCH3 is 2. The van der Waals surface area contributed by atoms with Gasteiger partial charge in [-0.3, -0.25) is 4.79 Å². The van der Waals surface area contributed by atoms with Crippen molar-refractivity contribution < 1.29 is 14.3 Å². The molecular formula is C17H17ClN2O3. The molecule has 1 amide bonds. The Balaban J connectivity index is 2.13. The van der Waals surface area contributed by atoms with E-state index in [1.165, 1.54) is 20.4 Å². The van der Waals surface area contributed by atoms with Crippen LogP contribution in [0, 0.1) is 6.92 Å². The van der Waals surface area contributed by atoms with E-state index in [0.717, 1.165) is 5.56 Å². The molecule has 0 unspecified atom stereocenters. The molecule has 6 heteroatoms. The Morgan fingerprint density at radius 2 is 1.96 bits per heavy atom. The van der Waals surface area contributed by atoms with E-state index in [4.69, 9.17) is 21.1 Å². The molecule has 0 spiro atoms. The number of carbonyl (C=O) groups excluding carboxylic acids is 1. The second kappa shape index (κ2) is 7.65. The number of amides is 1. The SMILES string of the molecule is COc1cc(/C=N/NC(=O)c2ccccc2C)cc(Cl)c1OC. The number of carbonyl (C=O) groups is 1. The molecule has 0 aliphatic heterocycles. The van der Waals surface area contributed by atoms with Crippen LogP contribution in [0.2, 0.25) is 5.02 Å². The van der Waals surface area contributed by atoms with Gasteiger partial charge in [-0.2, -0.15) is 5.10 Å². The highest BCUT2D eigenvalue weighted by atomic mass is 35.5. The van der Waals surface area contributed by atoms with E-state index in [2.05, 4.69) is 10.5 Å². The van der Waals surface area contributed by atoms with Crippen LogP contribution < -0.4 is 14.9 Å². The summed E-state index contributed by atoms with van der Waals surface area (Å²) in [6.45, 7) is 1.87. The molecule has 0 saturated carbocycles. The molecule has 2 aromatic carbocycles. The molecule has 0 fully saturated rings. The van der Waals surface area contributed by atoms with Crippen LogP contribution in [-0.2, 0) is 0 Å². The molecule has 0 radical (unpaired) electrons. The molecule has 1 N–H and O–H groups in total. The van der Waals surface area contributed by atoms with Crippen molar-refractivity contribution >= 4 is 23.7 Å². The third-order valence-corrected chi connectivity index (χ3v) is 3.51. The number of nitrogens with one attached hydrogen (secondary N) is 1. The quantitative estimate of drug-likeness (QED) is 0.674. The minimum absolute atomic E-state index is 0.272. The van der Waals surface area contributed by atoms with Crippen molar-refractivity contribution in [1.29, 1.82) is 0 Å². The number of ether oxygens (including phenoxy) is 2. The van der Waals surface area contributed by atoms with Gasteiger partial charge in [0.15, 0.2) is 11.5 Å². The monoisotopic (exact) mass is 332 g/mol. The van der Waals surface area contributed by atoms with Gasteiger partial charge in [0.25, 0.3) is 5.91 Å². The summed E-state index contributed by atoms with van der Waals surface area (Å²) in [4.78, 5) is 12.1. The lowest BCUT2D eigenvalue weighted by Crippen LogP contribution is -2.18. The number of hydrazone groups is 1. The summed E-state index contributed by atoms with van der Waals surface area (Å²) in [5.41, 5.74) is 4.63. The maximum Gasteiger partial charge on any atom is 0.271 e. The first-order valence-electron chi connectivity index (χ1n) is 6.87. The average Bonchev–Trinajstić information content (AvgIpc) is 2.54. The molecule has 0 saturated heterocycles. The molecule has 120 valence electrons. The van der Waals surface area contributed by atoms with Gasteiger partial charge in [-0.25, -0.2) is 5.43 Å². The third-order valence-electron chi connectivity index (χ3n) is 3.23. The summed E-state index contributed by atoms with van der Waals surface area (Å²) in [5.74, 6) is 0.674. The van der Waals surface area contributed by atoms with Crippen LogP contribution in [0.15, 0.2) is 41.5 Å². The number of benzene rings is 2. The van der Waals surface area contributed by atoms with E-state index in [-0.39, 0.29) is 5.91 Å². The van der Waals surface area contributed by atoms with Gasteiger partial charge in [0.05, 0.1) is 25.5 Å². The first-order chi connectivity index (χ1) is 11.1. The van der Waals surface area contributed by atoms with Crippen molar-refractivity contribution in [3.63, 3.8) is 0 Å². The summed E-state index contributed by atoms with van der Waals surface area (Å²) >= 11 is 6.12. The van der Waals surface area contributed by atoms with Crippen molar-refractivity contribution in [3.8, 4) is 11.5 Å². The van der Waals surface area contributed by atoms with Crippen molar-refractivity contribution in [2.24, 2.45) is 5.10 Å². The standard InChI is InChI=1S/C17H17ClN2O3/c1-11-6-4-5-7-13(11)17(21)20-19-10-12-8-14(18)16(23-3)15(9-12)22-2/h4-10H,1-3H3,(H,20,21)/b19-10+. The Morgan fingerprint density at radius 3 is 2.61 bits per heavy atom. The van der Waals surface area contributed by atoms with Crippen LogP contribution in [0.1, 0.15) is 21.5 Å². The van der Waals surface area contributed by atoms with Gasteiger partial charge in [-0.1, -0.05) is 29.8 Å². The van der Waals surface area contributed by atoms with Gasteiger partial charge in [-0.15, -0.1) is 0 Å². The van der Waals surface area contributed by atoms with Crippen LogP contribution >= 0.6 is 11.6 Å². The highest BCUT2D eigenvalue weighted by molar-refractivity contribution is 6.32. The molecule has 0 aromatic heterocycles. The Kier molecular flexibility index (Phi) is 5.60. The number of halogens is 1. The van der Waals surface area contributed by atoms with Crippen LogP contribution in [0.4, 0.5) is 0 Å². The minimum Gasteiger partial charge on any atom is -0.493 e. The highest BCUT2D eigenvalue weighted by Crippen LogP contribution is 2.35. The average molecular weight is 333 g/mol. The van der Waals surface area contributed by atoms with Gasteiger partial charge in [0, 0.05) is 5.56 Å². The van der Waals surface area contributed by atoms with E-state index in [1.54, 1.807) is 24.3 Å². The summed E-state index contributed by atoms with van der Waals surface area (Å²) < 4.78 is 10.4. The zero-order valence-electron chi connectivity index (χ0n) is 13.1. The van der Waals surface area contributed by atoms with Crippen molar-refractivity contribution in [1.82, 2.24) is 5.43 Å². The largest absolute Gasteiger partial charge is 0.493 e. The molecule has 0 atom stereocenters. The van der Waals surface area contributed by atoms with Gasteiger partial charge < -0.3 is 9.47 Å². The van der Waals surface area contributed by atoms with E-state index in [9.17, 15) is 4.79 Å². The molecule has 5 nitrogen and oxygen atoms in total. The molecule has 2 aromatic rings. The van der Waals surface area contributed by atoms with Gasteiger partial charge in [-0.05, 0) is 36.2 Å². The van der Waals surface area contributed by atoms with E-state index >= 15 is 0 Å². The Labute approximate surface area is 139 Å². The van der Waals surface area contributed by atoms with Gasteiger partial charge in [0.2, 0.25) is 0 Å². The maximum absolute atomic E-state index is 12.1. The van der Waals surface area contributed by atoms with E-state index in [0.29, 0.717) is 27.6 Å². The van der Waals surface area contributed by atoms with Crippen LogP contribution in [0.5, 0.6) is 11.5 Å². The van der Waals surface area contributed by atoms with E-state index in [1.807, 2.05) is 19.1 Å². The predicted octanol–water partition coefficient (Wildman–Crippen LogP) is 3.43. The number of hydrogen-bond donors (Lipinski definition) is 1. The third kappa shape index (κ3) is 4.02. The molecule has 23 heavy (non-hydrogen) atoms. The van der Waals surface area contributed by atoms with Gasteiger partial charge in [0.1, 0.15) is 0 Å². The number of nitrogens with zero attached hydrogens (tertiary/aromatic N) is 1. The Hall–Kier alpha value is -2.53. The van der Waals surface area contributed by atoms with Crippen LogP contribution in [0.25, 0.3) is 0 Å². The summed E-state index contributed by atoms with van der Waals surface area (Å²) in [6.07, 6.45) is 1.49. The minimum atomic E-state index is -0.272. The molecule has 0 heterocycles. The molecular weight excluding hydrogens is 316 g/mol. The second-order valence-electron chi connectivity index (χ2n) is 4.75. The molecule has 0 aliphatic carbocycles. The fourth-order valence-electron chi connectivity index (χ4n) is 2.07. The van der Waals surface area contributed by atoms with Crippen molar-refractivity contribution in [2.45, 2.75) is 6.92 Å². The fraction of sp³-hybridized carbons (Fsp3) is 0.176. The first-order valence-corrected chi connectivity index (χ1v) is 7.25. The summed E-state index contributed by atoms with van der Waals surface area (Å²) in [5, 5.41) is 4.35. The maximum atomic E-state index is 12.1. The van der Waals surface area contributed by atoms with Crippen LogP contribution in [-0.4, -0.2) is 26.3 Å². The predicted molar refractivity (Wildman–Crippen MR) is 90.8 cm³/mol. The lowest BCUT2D eigenvalue weighted by atomic mass is 10.1. The zero-order chi connectivity index (χ0) is 16.8.